The zero-order valence-corrected chi connectivity index (χ0v) is 20.3. The third-order valence-electron chi connectivity index (χ3n) is 5.47. The number of aromatic nitrogens is 4. The Labute approximate surface area is 213 Å². The molecule has 0 spiro atoms. The highest BCUT2D eigenvalue weighted by Crippen LogP contribution is 2.38. The quantitative estimate of drug-likeness (QED) is 0.275. The lowest BCUT2D eigenvalue weighted by molar-refractivity contribution is -0.115. The summed E-state index contributed by atoms with van der Waals surface area (Å²) in [5, 5.41) is 12.0. The molecule has 0 aliphatic carbocycles. The number of amides is 1. The molecule has 0 radical (unpaired) electrons. The molecule has 8 heteroatoms. The van der Waals surface area contributed by atoms with Crippen LogP contribution in [0.4, 0.5) is 5.69 Å². The first-order valence-corrected chi connectivity index (χ1v) is 12.2. The molecule has 1 N–H and O–H groups in total. The van der Waals surface area contributed by atoms with E-state index < -0.39 is 5.25 Å². The lowest BCUT2D eigenvalue weighted by Gasteiger charge is -2.18. The number of hydrogen-bond donors (Lipinski definition) is 1. The molecule has 1 amide bonds. The molecule has 1 atom stereocenters. The third kappa shape index (κ3) is 5.13. The molecule has 0 fully saturated rings. The zero-order chi connectivity index (χ0) is 24.7. The summed E-state index contributed by atoms with van der Waals surface area (Å²) in [6.07, 6.45) is 3.47. The van der Waals surface area contributed by atoms with Gasteiger partial charge in [-0.25, -0.2) is 0 Å². The predicted octanol–water partition coefficient (Wildman–Crippen LogP) is 5.81. The molecule has 0 bridgehead atoms. The molecule has 0 saturated carbocycles. The zero-order valence-electron chi connectivity index (χ0n) is 19.5. The number of ether oxygens (including phenoxy) is 1. The molecule has 5 rings (SSSR count). The highest BCUT2D eigenvalue weighted by molar-refractivity contribution is 8.00. The van der Waals surface area contributed by atoms with E-state index in [1.54, 1.807) is 25.6 Å². The van der Waals surface area contributed by atoms with Gasteiger partial charge in [-0.15, -0.1) is 10.2 Å². The topological polar surface area (TPSA) is 81.9 Å². The number of benzene rings is 3. The first-order chi connectivity index (χ1) is 17.7. The minimum Gasteiger partial charge on any atom is -0.497 e. The van der Waals surface area contributed by atoms with Crippen molar-refractivity contribution in [2.24, 2.45) is 0 Å². The summed E-state index contributed by atoms with van der Waals surface area (Å²) in [6.45, 7) is 0. The molecule has 178 valence electrons. The average molecular weight is 494 g/mol. The molecule has 0 saturated heterocycles. The van der Waals surface area contributed by atoms with Gasteiger partial charge in [-0.05, 0) is 42.0 Å². The smallest absolute Gasteiger partial charge is 0.242 e. The van der Waals surface area contributed by atoms with Crippen molar-refractivity contribution in [2.75, 3.05) is 12.4 Å². The highest BCUT2D eigenvalue weighted by atomic mass is 32.2. The maximum Gasteiger partial charge on any atom is 0.242 e. The van der Waals surface area contributed by atoms with Crippen molar-refractivity contribution in [3.05, 3.63) is 115 Å². The van der Waals surface area contributed by atoms with Crippen LogP contribution in [0.5, 0.6) is 5.75 Å². The molecule has 0 aliphatic rings. The summed E-state index contributed by atoms with van der Waals surface area (Å²) in [5.74, 6) is 1.14. The van der Waals surface area contributed by atoms with E-state index in [0.29, 0.717) is 22.4 Å². The minimum absolute atomic E-state index is 0.176. The Morgan fingerprint density at radius 3 is 2.42 bits per heavy atom. The van der Waals surface area contributed by atoms with Gasteiger partial charge in [0.15, 0.2) is 11.0 Å². The van der Waals surface area contributed by atoms with E-state index in [1.165, 1.54) is 11.8 Å². The van der Waals surface area contributed by atoms with E-state index in [4.69, 9.17) is 4.74 Å². The Kier molecular flexibility index (Phi) is 7.05. The first kappa shape index (κ1) is 23.3. The van der Waals surface area contributed by atoms with Crippen LogP contribution < -0.4 is 10.1 Å². The second-order valence-corrected chi connectivity index (χ2v) is 8.92. The van der Waals surface area contributed by atoms with Gasteiger partial charge >= 0.3 is 0 Å². The van der Waals surface area contributed by atoms with Gasteiger partial charge in [0.1, 0.15) is 11.0 Å². The summed E-state index contributed by atoms with van der Waals surface area (Å²) in [6, 6.07) is 30.6. The lowest BCUT2D eigenvalue weighted by Crippen LogP contribution is -2.19. The van der Waals surface area contributed by atoms with Crippen molar-refractivity contribution in [3.63, 3.8) is 0 Å². The van der Waals surface area contributed by atoms with Crippen LogP contribution in [0.3, 0.4) is 0 Å². The van der Waals surface area contributed by atoms with E-state index in [9.17, 15) is 4.79 Å². The van der Waals surface area contributed by atoms with E-state index in [2.05, 4.69) is 20.5 Å². The minimum atomic E-state index is -0.578. The molecule has 3 aromatic carbocycles. The van der Waals surface area contributed by atoms with Crippen LogP contribution in [0.2, 0.25) is 0 Å². The summed E-state index contributed by atoms with van der Waals surface area (Å²) in [7, 11) is 1.60. The third-order valence-corrected chi connectivity index (χ3v) is 6.67. The van der Waals surface area contributed by atoms with Crippen LogP contribution in [0.25, 0.3) is 17.1 Å². The number of para-hydroxylation sites is 1. The maximum atomic E-state index is 13.6. The molecule has 2 heterocycles. The van der Waals surface area contributed by atoms with Gasteiger partial charge in [-0.1, -0.05) is 66.4 Å². The van der Waals surface area contributed by atoms with Gasteiger partial charge in [-0.3, -0.25) is 14.3 Å². The van der Waals surface area contributed by atoms with Crippen LogP contribution in [-0.4, -0.2) is 32.8 Å². The highest BCUT2D eigenvalue weighted by Gasteiger charge is 2.27. The molecule has 0 aliphatic heterocycles. The fourth-order valence-electron chi connectivity index (χ4n) is 3.75. The van der Waals surface area contributed by atoms with Crippen molar-refractivity contribution >= 4 is 23.4 Å². The normalized spacial score (nSPS) is 11.6. The van der Waals surface area contributed by atoms with Gasteiger partial charge in [0.05, 0.1) is 7.11 Å². The first-order valence-electron chi connectivity index (χ1n) is 11.3. The Morgan fingerprint density at radius 1 is 0.917 bits per heavy atom. The van der Waals surface area contributed by atoms with E-state index in [0.717, 1.165) is 16.8 Å². The molecule has 0 unspecified atom stereocenters. The van der Waals surface area contributed by atoms with Crippen molar-refractivity contribution in [1.82, 2.24) is 19.7 Å². The van der Waals surface area contributed by atoms with Crippen molar-refractivity contribution < 1.29 is 9.53 Å². The van der Waals surface area contributed by atoms with Gasteiger partial charge in [0, 0.05) is 35.4 Å². The number of thioether (sulfide) groups is 1. The summed E-state index contributed by atoms with van der Waals surface area (Å²) >= 11 is 1.34. The fraction of sp³-hybridized carbons (Fsp3) is 0.0714. The number of anilines is 1. The molecule has 36 heavy (non-hydrogen) atoms. The van der Waals surface area contributed by atoms with Crippen LogP contribution in [0.15, 0.2) is 115 Å². The standard InChI is InChI=1S/C28H23N5O2S/c1-35-24-16-8-13-22(18-24)30-27(34)25(20-10-4-2-5-11-20)36-28-32-31-26(21-12-9-17-29-19-21)33(28)23-14-6-3-7-15-23/h2-19,25H,1H3,(H,30,34)/t25-/m1/s1. The molecular formula is C28H23N5O2S. The molecule has 7 nitrogen and oxygen atoms in total. The molecule has 5 aromatic rings. The van der Waals surface area contributed by atoms with Crippen LogP contribution in [0, 0.1) is 0 Å². The number of carbonyl (C=O) groups excluding carboxylic acids is 1. The number of rotatable bonds is 8. The average Bonchev–Trinajstić information content (AvgIpc) is 3.37. The lowest BCUT2D eigenvalue weighted by atomic mass is 10.1. The molecular weight excluding hydrogens is 470 g/mol. The maximum absolute atomic E-state index is 13.6. The van der Waals surface area contributed by atoms with Crippen LogP contribution in [0.1, 0.15) is 10.8 Å². The van der Waals surface area contributed by atoms with Gasteiger partial charge in [0.2, 0.25) is 5.91 Å². The van der Waals surface area contributed by atoms with Crippen molar-refractivity contribution in [1.29, 1.82) is 0 Å². The Hall–Kier alpha value is -4.43. The van der Waals surface area contributed by atoms with E-state index >= 15 is 0 Å². The predicted molar refractivity (Wildman–Crippen MR) is 141 cm³/mol. The fourth-order valence-corrected chi connectivity index (χ4v) is 4.81. The summed E-state index contributed by atoms with van der Waals surface area (Å²) in [5.41, 5.74) is 3.23. The van der Waals surface area contributed by atoms with Crippen molar-refractivity contribution in [2.45, 2.75) is 10.4 Å². The van der Waals surface area contributed by atoms with Crippen LogP contribution >= 0.6 is 11.8 Å². The second kappa shape index (κ2) is 10.9. The second-order valence-electron chi connectivity index (χ2n) is 7.85. The SMILES string of the molecule is COc1cccc(NC(=O)[C@H](Sc2nnc(-c3cccnc3)n2-c2ccccc2)c2ccccc2)c1. The van der Waals surface area contributed by atoms with Crippen molar-refractivity contribution in [3.8, 4) is 22.8 Å². The Morgan fingerprint density at radius 2 is 1.69 bits per heavy atom. The number of methoxy groups -OCH3 is 1. The Balaban J connectivity index is 1.54. The van der Waals surface area contributed by atoms with Gasteiger partial charge in [0.25, 0.3) is 0 Å². The van der Waals surface area contributed by atoms with Gasteiger partial charge in [-0.2, -0.15) is 0 Å². The largest absolute Gasteiger partial charge is 0.497 e. The number of hydrogen-bond acceptors (Lipinski definition) is 6. The monoisotopic (exact) mass is 493 g/mol. The summed E-state index contributed by atoms with van der Waals surface area (Å²) in [4.78, 5) is 17.8. The number of carbonyl (C=O) groups is 1. The number of nitrogens with one attached hydrogen (secondary N) is 1. The number of pyridine rings is 1. The van der Waals surface area contributed by atoms with Gasteiger partial charge < -0.3 is 10.1 Å². The van der Waals surface area contributed by atoms with Crippen LogP contribution in [-0.2, 0) is 4.79 Å². The van der Waals surface area contributed by atoms with E-state index in [-0.39, 0.29) is 5.91 Å². The number of nitrogens with zero attached hydrogens (tertiary/aromatic N) is 4. The molecule has 2 aromatic heterocycles. The summed E-state index contributed by atoms with van der Waals surface area (Å²) < 4.78 is 7.26. The Bertz CT molecular complexity index is 1440. The van der Waals surface area contributed by atoms with E-state index in [1.807, 2.05) is 95.6 Å².